The van der Waals surface area contributed by atoms with Gasteiger partial charge in [-0.2, -0.15) is 4.98 Å². The minimum atomic E-state index is 0.446. The lowest BCUT2D eigenvalue weighted by atomic mass is 10.2. The van der Waals surface area contributed by atoms with Crippen LogP contribution < -0.4 is 4.74 Å². The van der Waals surface area contributed by atoms with Gasteiger partial charge in [-0.15, -0.1) is 0 Å². The van der Waals surface area contributed by atoms with Crippen molar-refractivity contribution in [1.29, 1.82) is 0 Å². The van der Waals surface area contributed by atoms with Crippen molar-refractivity contribution in [3.63, 3.8) is 0 Å². The lowest BCUT2D eigenvalue weighted by Gasteiger charge is -2.01. The molecule has 0 N–H and O–H groups in total. The number of aromatic nitrogens is 3. The number of hydrogen-bond acceptors (Lipinski definition) is 5. The third kappa shape index (κ3) is 1.44. The molecule has 72 valence electrons. The number of ether oxygens (including phenoxy) is 1. The molecule has 0 aliphatic carbocycles. The van der Waals surface area contributed by atoms with Gasteiger partial charge in [0.1, 0.15) is 5.75 Å². The molecule has 14 heavy (non-hydrogen) atoms. The monoisotopic (exact) mass is 191 g/mol. The maximum atomic E-state index is 5.12. The van der Waals surface area contributed by atoms with Crippen LogP contribution in [0.1, 0.15) is 5.82 Å². The van der Waals surface area contributed by atoms with Crippen molar-refractivity contribution in [3.05, 3.63) is 24.3 Å². The molecule has 0 radical (unpaired) electrons. The molecule has 0 aliphatic rings. The van der Waals surface area contributed by atoms with Crippen molar-refractivity contribution in [1.82, 2.24) is 15.1 Å². The number of pyridine rings is 1. The minimum absolute atomic E-state index is 0.446. The summed E-state index contributed by atoms with van der Waals surface area (Å²) in [6.45, 7) is 1.76. The van der Waals surface area contributed by atoms with Gasteiger partial charge in [-0.3, -0.25) is 4.98 Å². The Morgan fingerprint density at radius 1 is 1.43 bits per heavy atom. The summed E-state index contributed by atoms with van der Waals surface area (Å²) in [5, 5.41) is 3.71. The quantitative estimate of drug-likeness (QED) is 0.718. The zero-order valence-corrected chi connectivity index (χ0v) is 7.89. The third-order valence-electron chi connectivity index (χ3n) is 1.76. The fraction of sp³-hybridized carbons (Fsp3) is 0.222. The van der Waals surface area contributed by atoms with E-state index in [1.54, 1.807) is 32.5 Å². The van der Waals surface area contributed by atoms with Crippen LogP contribution in [0.2, 0.25) is 0 Å². The van der Waals surface area contributed by atoms with Gasteiger partial charge in [0, 0.05) is 6.20 Å². The number of aryl methyl sites for hydroxylation is 1. The summed E-state index contributed by atoms with van der Waals surface area (Å²) in [6.07, 6.45) is 3.26. The van der Waals surface area contributed by atoms with E-state index in [1.165, 1.54) is 0 Å². The summed E-state index contributed by atoms with van der Waals surface area (Å²) in [5.74, 6) is 1.66. The Balaban J connectivity index is 2.50. The third-order valence-corrected chi connectivity index (χ3v) is 1.76. The molecular formula is C9H9N3O2. The van der Waals surface area contributed by atoms with E-state index >= 15 is 0 Å². The van der Waals surface area contributed by atoms with Crippen LogP contribution in [-0.2, 0) is 0 Å². The van der Waals surface area contributed by atoms with Crippen molar-refractivity contribution in [2.75, 3.05) is 7.11 Å². The predicted octanol–water partition coefficient (Wildman–Crippen LogP) is 1.45. The first-order valence-electron chi connectivity index (χ1n) is 4.10. The first-order valence-corrected chi connectivity index (χ1v) is 4.10. The van der Waals surface area contributed by atoms with E-state index in [0.717, 1.165) is 5.56 Å². The Morgan fingerprint density at radius 2 is 2.29 bits per heavy atom. The highest BCUT2D eigenvalue weighted by Gasteiger charge is 2.11. The molecule has 0 bridgehead atoms. The molecule has 0 fully saturated rings. The maximum Gasteiger partial charge on any atom is 0.261 e. The fourth-order valence-electron chi connectivity index (χ4n) is 1.13. The van der Waals surface area contributed by atoms with Crippen LogP contribution >= 0.6 is 0 Å². The lowest BCUT2D eigenvalue weighted by molar-refractivity contribution is 0.402. The molecule has 0 aliphatic heterocycles. The number of methoxy groups -OCH3 is 1. The summed E-state index contributed by atoms with van der Waals surface area (Å²) in [5.41, 5.74) is 0.753. The highest BCUT2D eigenvalue weighted by Crippen LogP contribution is 2.26. The van der Waals surface area contributed by atoms with Crippen molar-refractivity contribution in [2.24, 2.45) is 0 Å². The fourth-order valence-corrected chi connectivity index (χ4v) is 1.13. The number of rotatable bonds is 2. The molecule has 2 aromatic heterocycles. The molecule has 2 heterocycles. The van der Waals surface area contributed by atoms with Gasteiger partial charge in [-0.25, -0.2) is 0 Å². The van der Waals surface area contributed by atoms with Crippen LogP contribution in [-0.4, -0.2) is 22.2 Å². The first-order chi connectivity index (χ1) is 6.81. The van der Waals surface area contributed by atoms with E-state index in [4.69, 9.17) is 9.26 Å². The second-order valence-corrected chi connectivity index (χ2v) is 2.72. The summed E-state index contributed by atoms with van der Waals surface area (Å²) in [6, 6.07) is 1.77. The smallest absolute Gasteiger partial charge is 0.261 e. The average molecular weight is 191 g/mol. The van der Waals surface area contributed by atoms with E-state index in [2.05, 4.69) is 15.1 Å². The van der Waals surface area contributed by atoms with Crippen LogP contribution in [0.5, 0.6) is 5.75 Å². The molecule has 0 amide bonds. The Morgan fingerprint density at radius 3 is 2.93 bits per heavy atom. The van der Waals surface area contributed by atoms with E-state index in [9.17, 15) is 0 Å². The van der Waals surface area contributed by atoms with Crippen molar-refractivity contribution >= 4 is 0 Å². The normalized spacial score (nSPS) is 10.1. The van der Waals surface area contributed by atoms with E-state index in [-0.39, 0.29) is 0 Å². The van der Waals surface area contributed by atoms with E-state index in [1.807, 2.05) is 0 Å². The number of nitrogens with zero attached hydrogens (tertiary/aromatic N) is 3. The summed E-state index contributed by atoms with van der Waals surface area (Å²) in [7, 11) is 1.57. The molecule has 2 rings (SSSR count). The Hall–Kier alpha value is -1.91. The molecule has 0 spiro atoms. The average Bonchev–Trinajstić information content (AvgIpc) is 2.65. The van der Waals surface area contributed by atoms with Crippen LogP contribution in [0.3, 0.4) is 0 Å². The molecule has 0 saturated heterocycles. The highest BCUT2D eigenvalue weighted by molar-refractivity contribution is 5.61. The molecule has 2 aromatic rings. The van der Waals surface area contributed by atoms with Gasteiger partial charge >= 0.3 is 0 Å². The van der Waals surface area contributed by atoms with Crippen molar-refractivity contribution < 1.29 is 9.26 Å². The van der Waals surface area contributed by atoms with Crippen LogP contribution in [0.15, 0.2) is 23.0 Å². The van der Waals surface area contributed by atoms with Gasteiger partial charge < -0.3 is 9.26 Å². The zero-order chi connectivity index (χ0) is 9.97. The zero-order valence-electron chi connectivity index (χ0n) is 7.89. The Kier molecular flexibility index (Phi) is 2.14. The first kappa shape index (κ1) is 8.68. The minimum Gasteiger partial charge on any atom is -0.494 e. The molecule has 5 heteroatoms. The molecule has 5 nitrogen and oxygen atoms in total. The van der Waals surface area contributed by atoms with Gasteiger partial charge in [-0.1, -0.05) is 5.16 Å². The molecule has 0 aromatic carbocycles. The largest absolute Gasteiger partial charge is 0.494 e. The lowest BCUT2D eigenvalue weighted by Crippen LogP contribution is -1.88. The number of hydrogen-bond donors (Lipinski definition) is 0. The van der Waals surface area contributed by atoms with Gasteiger partial charge in [0.25, 0.3) is 5.89 Å². The summed E-state index contributed by atoms with van der Waals surface area (Å²) < 4.78 is 10.1. The van der Waals surface area contributed by atoms with Crippen molar-refractivity contribution in [3.8, 4) is 17.2 Å². The van der Waals surface area contributed by atoms with Crippen LogP contribution in [0.4, 0.5) is 0 Å². The predicted molar refractivity (Wildman–Crippen MR) is 48.8 cm³/mol. The summed E-state index contributed by atoms with van der Waals surface area (Å²) in [4.78, 5) is 8.04. The Bertz CT molecular complexity index is 439. The highest BCUT2D eigenvalue weighted by atomic mass is 16.5. The maximum absolute atomic E-state index is 5.12. The molecular weight excluding hydrogens is 182 g/mol. The molecule has 0 unspecified atom stereocenters. The molecule has 0 saturated carbocycles. The van der Waals surface area contributed by atoms with E-state index < -0.39 is 0 Å². The van der Waals surface area contributed by atoms with Gasteiger partial charge in [0.2, 0.25) is 0 Å². The van der Waals surface area contributed by atoms with Gasteiger partial charge in [-0.05, 0) is 13.0 Å². The summed E-state index contributed by atoms with van der Waals surface area (Å²) >= 11 is 0. The van der Waals surface area contributed by atoms with Gasteiger partial charge in [0.15, 0.2) is 5.82 Å². The van der Waals surface area contributed by atoms with E-state index in [0.29, 0.717) is 17.5 Å². The van der Waals surface area contributed by atoms with Crippen LogP contribution in [0.25, 0.3) is 11.5 Å². The second-order valence-electron chi connectivity index (χ2n) is 2.72. The second kappa shape index (κ2) is 3.45. The topological polar surface area (TPSA) is 61.0 Å². The standard InChI is InChI=1S/C9H9N3O2/c1-6-11-9(14-12-6)7-3-4-10-5-8(7)13-2/h3-5H,1-2H3. The SMILES string of the molecule is COc1cnccc1-c1nc(C)no1. The van der Waals surface area contributed by atoms with Crippen LogP contribution in [0, 0.1) is 6.92 Å². The Labute approximate surface area is 80.7 Å². The molecule has 0 atom stereocenters. The van der Waals surface area contributed by atoms with Gasteiger partial charge in [0.05, 0.1) is 18.9 Å². The van der Waals surface area contributed by atoms with Crippen molar-refractivity contribution in [2.45, 2.75) is 6.92 Å².